The first-order valence-electron chi connectivity index (χ1n) is 4.90. The maximum Gasteiger partial charge on any atom is 0.249 e. The summed E-state index contributed by atoms with van der Waals surface area (Å²) in [7, 11) is 0. The van der Waals surface area contributed by atoms with E-state index < -0.39 is 0 Å². The lowest BCUT2D eigenvalue weighted by Gasteiger charge is -2.35. The van der Waals surface area contributed by atoms with Crippen LogP contribution in [0.3, 0.4) is 0 Å². The van der Waals surface area contributed by atoms with Gasteiger partial charge in [0.1, 0.15) is 0 Å². The van der Waals surface area contributed by atoms with Gasteiger partial charge in [0.05, 0.1) is 5.41 Å². The fraction of sp³-hybridized carbons (Fsp3) is 0.889. The third-order valence-electron chi connectivity index (χ3n) is 2.87. The first-order chi connectivity index (χ1) is 6.25. The highest BCUT2D eigenvalue weighted by atomic mass is 16.5. The summed E-state index contributed by atoms with van der Waals surface area (Å²) < 4.78 is 0. The van der Waals surface area contributed by atoms with E-state index in [1.165, 1.54) is 0 Å². The van der Waals surface area contributed by atoms with Crippen molar-refractivity contribution in [1.29, 1.82) is 0 Å². The standard InChI is InChI=1S/C9H18N2O2/c1-2-3-9(8(12)11-13)4-6-10-7-5-9/h10,13H,2-7H2,1H3,(H,11,12). The van der Waals surface area contributed by atoms with Crippen molar-refractivity contribution in [3.8, 4) is 0 Å². The van der Waals surface area contributed by atoms with Gasteiger partial charge in [0, 0.05) is 0 Å². The Labute approximate surface area is 78.7 Å². The maximum absolute atomic E-state index is 11.5. The lowest BCUT2D eigenvalue weighted by Crippen LogP contribution is -2.46. The molecule has 1 rings (SSSR count). The van der Waals surface area contributed by atoms with E-state index in [9.17, 15) is 4.79 Å². The zero-order valence-corrected chi connectivity index (χ0v) is 8.10. The van der Waals surface area contributed by atoms with E-state index >= 15 is 0 Å². The summed E-state index contributed by atoms with van der Waals surface area (Å²) in [5.41, 5.74) is 1.47. The van der Waals surface area contributed by atoms with Crippen LogP contribution in [-0.4, -0.2) is 24.2 Å². The first-order valence-corrected chi connectivity index (χ1v) is 4.90. The minimum Gasteiger partial charge on any atom is -0.317 e. The normalized spacial score (nSPS) is 21.1. The van der Waals surface area contributed by atoms with E-state index in [4.69, 9.17) is 5.21 Å². The molecule has 3 N–H and O–H groups in total. The molecule has 1 aliphatic rings. The molecule has 1 saturated heterocycles. The molecule has 0 radical (unpaired) electrons. The Kier molecular flexibility index (Phi) is 3.69. The van der Waals surface area contributed by atoms with Crippen LogP contribution in [0.15, 0.2) is 0 Å². The number of carbonyl (C=O) groups excluding carboxylic acids is 1. The molecule has 1 aliphatic heterocycles. The summed E-state index contributed by atoms with van der Waals surface area (Å²) in [6.45, 7) is 3.80. The van der Waals surface area contributed by atoms with Gasteiger partial charge in [-0.1, -0.05) is 13.3 Å². The molecule has 0 unspecified atom stereocenters. The van der Waals surface area contributed by atoms with Crippen LogP contribution in [0.1, 0.15) is 32.6 Å². The Balaban J connectivity index is 2.66. The molecule has 0 bridgehead atoms. The highest BCUT2D eigenvalue weighted by molar-refractivity contribution is 5.81. The molecule has 0 saturated carbocycles. The maximum atomic E-state index is 11.5. The number of rotatable bonds is 3. The van der Waals surface area contributed by atoms with E-state index in [-0.39, 0.29) is 11.3 Å². The Hall–Kier alpha value is -0.610. The van der Waals surface area contributed by atoms with Crippen molar-refractivity contribution < 1.29 is 10.0 Å². The highest BCUT2D eigenvalue weighted by Gasteiger charge is 2.38. The van der Waals surface area contributed by atoms with Crippen molar-refractivity contribution in [1.82, 2.24) is 10.8 Å². The number of hydroxylamine groups is 1. The molecule has 0 aliphatic carbocycles. The van der Waals surface area contributed by atoms with Crippen LogP contribution in [0, 0.1) is 5.41 Å². The van der Waals surface area contributed by atoms with Crippen molar-refractivity contribution >= 4 is 5.91 Å². The molecule has 1 fully saturated rings. The van der Waals surface area contributed by atoms with Crippen molar-refractivity contribution in [2.45, 2.75) is 32.6 Å². The van der Waals surface area contributed by atoms with Gasteiger partial charge in [-0.15, -0.1) is 0 Å². The lowest BCUT2D eigenvalue weighted by atomic mass is 9.75. The summed E-state index contributed by atoms with van der Waals surface area (Å²) >= 11 is 0. The number of amides is 1. The summed E-state index contributed by atoms with van der Waals surface area (Å²) in [6.07, 6.45) is 3.49. The van der Waals surface area contributed by atoms with Crippen molar-refractivity contribution in [3.63, 3.8) is 0 Å². The van der Waals surface area contributed by atoms with E-state index in [0.717, 1.165) is 38.8 Å². The smallest absolute Gasteiger partial charge is 0.249 e. The predicted molar refractivity (Wildman–Crippen MR) is 49.4 cm³/mol. The second-order valence-corrected chi connectivity index (χ2v) is 3.72. The molecule has 1 amide bonds. The van der Waals surface area contributed by atoms with E-state index in [0.29, 0.717) is 0 Å². The Morgan fingerprint density at radius 3 is 2.62 bits per heavy atom. The molecule has 1 heterocycles. The van der Waals surface area contributed by atoms with Crippen LogP contribution in [0.25, 0.3) is 0 Å². The number of nitrogens with one attached hydrogen (secondary N) is 2. The van der Waals surface area contributed by atoms with Crippen molar-refractivity contribution in [3.05, 3.63) is 0 Å². The minimum atomic E-state index is -0.325. The fourth-order valence-corrected chi connectivity index (χ4v) is 2.09. The molecule has 0 aromatic rings. The number of piperidine rings is 1. The second-order valence-electron chi connectivity index (χ2n) is 3.72. The quantitative estimate of drug-likeness (QED) is 0.448. The summed E-state index contributed by atoms with van der Waals surface area (Å²) in [6, 6.07) is 0. The molecule has 0 spiro atoms. The molecule has 4 nitrogen and oxygen atoms in total. The average Bonchev–Trinajstić information content (AvgIpc) is 2.18. The van der Waals surface area contributed by atoms with Gasteiger partial charge in [-0.3, -0.25) is 10.0 Å². The van der Waals surface area contributed by atoms with Crippen LogP contribution >= 0.6 is 0 Å². The SMILES string of the molecule is CCCC1(C(=O)NO)CCNCC1. The minimum absolute atomic E-state index is 0.212. The Morgan fingerprint density at radius 1 is 1.54 bits per heavy atom. The van der Waals surface area contributed by atoms with Crippen molar-refractivity contribution in [2.75, 3.05) is 13.1 Å². The zero-order valence-electron chi connectivity index (χ0n) is 8.10. The van der Waals surface area contributed by atoms with E-state index in [1.807, 2.05) is 0 Å². The third-order valence-corrected chi connectivity index (χ3v) is 2.87. The number of carbonyl (C=O) groups is 1. The van der Waals surface area contributed by atoms with Gasteiger partial charge in [-0.05, 0) is 32.4 Å². The zero-order chi connectivity index (χ0) is 9.73. The number of hydrogen-bond donors (Lipinski definition) is 3. The summed E-state index contributed by atoms with van der Waals surface area (Å²) in [5.74, 6) is -0.212. The van der Waals surface area contributed by atoms with Crippen LogP contribution in [0.5, 0.6) is 0 Å². The van der Waals surface area contributed by atoms with Gasteiger partial charge in [0.2, 0.25) is 5.91 Å². The van der Waals surface area contributed by atoms with Gasteiger partial charge in [-0.2, -0.15) is 0 Å². The Morgan fingerprint density at radius 2 is 2.15 bits per heavy atom. The van der Waals surface area contributed by atoms with Crippen LogP contribution < -0.4 is 10.8 Å². The topological polar surface area (TPSA) is 61.4 Å². The molecular weight excluding hydrogens is 168 g/mol. The monoisotopic (exact) mass is 186 g/mol. The van der Waals surface area contributed by atoms with Crippen molar-refractivity contribution in [2.24, 2.45) is 5.41 Å². The highest BCUT2D eigenvalue weighted by Crippen LogP contribution is 2.33. The van der Waals surface area contributed by atoms with Gasteiger partial charge >= 0.3 is 0 Å². The molecule has 0 aromatic heterocycles. The van der Waals surface area contributed by atoms with Gasteiger partial charge in [-0.25, -0.2) is 5.48 Å². The Bertz CT molecular complexity index is 171. The van der Waals surface area contributed by atoms with E-state index in [1.54, 1.807) is 5.48 Å². The largest absolute Gasteiger partial charge is 0.317 e. The second kappa shape index (κ2) is 4.58. The van der Waals surface area contributed by atoms with Gasteiger partial charge in [0.15, 0.2) is 0 Å². The molecule has 76 valence electrons. The average molecular weight is 186 g/mol. The first kappa shape index (κ1) is 10.5. The molecule has 13 heavy (non-hydrogen) atoms. The van der Waals surface area contributed by atoms with Crippen LogP contribution in [0.4, 0.5) is 0 Å². The van der Waals surface area contributed by atoms with Gasteiger partial charge in [0.25, 0.3) is 0 Å². The summed E-state index contributed by atoms with van der Waals surface area (Å²) in [4.78, 5) is 11.5. The van der Waals surface area contributed by atoms with E-state index in [2.05, 4.69) is 12.2 Å². The third kappa shape index (κ3) is 2.19. The molecular formula is C9H18N2O2. The molecule has 0 atom stereocenters. The lowest BCUT2D eigenvalue weighted by molar-refractivity contribution is -0.142. The molecule has 0 aromatic carbocycles. The van der Waals surface area contributed by atoms with Gasteiger partial charge < -0.3 is 5.32 Å². The summed E-state index contributed by atoms with van der Waals surface area (Å²) in [5, 5.41) is 11.9. The van der Waals surface area contributed by atoms with Crippen LogP contribution in [-0.2, 0) is 4.79 Å². The number of hydrogen-bond acceptors (Lipinski definition) is 3. The van der Waals surface area contributed by atoms with Crippen LogP contribution in [0.2, 0.25) is 0 Å². The fourth-order valence-electron chi connectivity index (χ4n) is 2.09. The predicted octanol–water partition coefficient (Wildman–Crippen LogP) is 0.662. The molecule has 4 heteroatoms.